The summed E-state index contributed by atoms with van der Waals surface area (Å²) in [6.07, 6.45) is 0.986. The number of H-pyrrole nitrogens is 1. The van der Waals surface area contributed by atoms with Crippen molar-refractivity contribution in [1.82, 2.24) is 4.98 Å². The van der Waals surface area contributed by atoms with Crippen LogP contribution in [0.1, 0.15) is 42.9 Å². The van der Waals surface area contributed by atoms with Gasteiger partial charge in [0.25, 0.3) is 0 Å². The molecule has 4 aromatic rings. The maximum Gasteiger partial charge on any atom is 0.307 e. The first-order valence-electron chi connectivity index (χ1n) is 10.7. The van der Waals surface area contributed by atoms with Crippen LogP contribution in [0.25, 0.3) is 22.2 Å². The topological polar surface area (TPSA) is 62.3 Å². The molecule has 1 aromatic heterocycles. The number of aromatic amines is 1. The van der Waals surface area contributed by atoms with Gasteiger partial charge < -0.3 is 14.8 Å². The van der Waals surface area contributed by atoms with E-state index in [0.29, 0.717) is 12.5 Å². The molecular weight excluding hydrogens is 386 g/mol. The average Bonchev–Trinajstić information content (AvgIpc) is 3.15. The number of carboxylic acids is 1. The highest BCUT2D eigenvalue weighted by Gasteiger charge is 2.19. The Morgan fingerprint density at radius 3 is 2.52 bits per heavy atom. The van der Waals surface area contributed by atoms with Crippen molar-refractivity contribution in [2.75, 3.05) is 0 Å². The van der Waals surface area contributed by atoms with Crippen molar-refractivity contribution in [3.63, 3.8) is 0 Å². The van der Waals surface area contributed by atoms with Crippen molar-refractivity contribution in [2.45, 2.75) is 39.2 Å². The lowest BCUT2D eigenvalue weighted by Gasteiger charge is -2.12. The molecule has 4 nitrogen and oxygen atoms in total. The molecule has 1 heterocycles. The normalized spacial score (nSPS) is 12.1. The predicted molar refractivity (Wildman–Crippen MR) is 125 cm³/mol. The van der Waals surface area contributed by atoms with Crippen molar-refractivity contribution < 1.29 is 14.6 Å². The van der Waals surface area contributed by atoms with Crippen LogP contribution in [-0.2, 0) is 17.8 Å². The molecule has 1 unspecified atom stereocenters. The molecule has 4 rings (SSSR count). The Morgan fingerprint density at radius 1 is 1.03 bits per heavy atom. The monoisotopic (exact) mass is 413 g/mol. The van der Waals surface area contributed by atoms with E-state index in [1.54, 1.807) is 0 Å². The van der Waals surface area contributed by atoms with E-state index in [0.717, 1.165) is 45.5 Å². The standard InChI is InChI=1S/C27H27NO3/c1-3-18(2)20-13-14-24-22(15-20)23(16-26(29)30)27(28-24)21-11-7-8-12-25(21)31-17-19-9-5-4-6-10-19/h4-15,18,28H,3,16-17H2,1-2H3,(H,29,30). The summed E-state index contributed by atoms with van der Waals surface area (Å²) in [7, 11) is 0. The molecule has 0 bridgehead atoms. The summed E-state index contributed by atoms with van der Waals surface area (Å²) in [5.74, 6) is 0.299. The second kappa shape index (κ2) is 9.09. The highest BCUT2D eigenvalue weighted by molar-refractivity contribution is 5.95. The Morgan fingerprint density at radius 2 is 1.77 bits per heavy atom. The molecule has 31 heavy (non-hydrogen) atoms. The largest absolute Gasteiger partial charge is 0.488 e. The number of aromatic nitrogens is 1. The van der Waals surface area contributed by atoms with Gasteiger partial charge >= 0.3 is 5.97 Å². The van der Waals surface area contributed by atoms with Gasteiger partial charge in [-0.15, -0.1) is 0 Å². The summed E-state index contributed by atoms with van der Waals surface area (Å²) < 4.78 is 6.15. The van der Waals surface area contributed by atoms with Crippen LogP contribution >= 0.6 is 0 Å². The lowest BCUT2D eigenvalue weighted by Crippen LogP contribution is -2.02. The SMILES string of the molecule is CCC(C)c1ccc2[nH]c(-c3ccccc3OCc3ccccc3)c(CC(=O)O)c2c1. The van der Waals surface area contributed by atoms with Crippen LogP contribution in [0.4, 0.5) is 0 Å². The molecule has 4 heteroatoms. The second-order valence-electron chi connectivity index (χ2n) is 7.93. The van der Waals surface area contributed by atoms with Crippen LogP contribution in [-0.4, -0.2) is 16.1 Å². The van der Waals surface area contributed by atoms with Crippen LogP contribution in [0.2, 0.25) is 0 Å². The minimum absolute atomic E-state index is 0.0493. The fraction of sp³-hybridized carbons (Fsp3) is 0.222. The number of carbonyl (C=O) groups is 1. The number of carboxylic acid groups (broad SMARTS) is 1. The van der Waals surface area contributed by atoms with Crippen LogP contribution in [0, 0.1) is 0 Å². The predicted octanol–water partition coefficient (Wildman–Crippen LogP) is 6.55. The summed E-state index contributed by atoms with van der Waals surface area (Å²) in [6, 6.07) is 24.1. The molecule has 0 saturated carbocycles. The van der Waals surface area contributed by atoms with Crippen LogP contribution in [0.15, 0.2) is 72.8 Å². The molecule has 0 amide bonds. The van der Waals surface area contributed by atoms with Crippen molar-refractivity contribution in [3.05, 3.63) is 89.5 Å². The summed E-state index contributed by atoms with van der Waals surface area (Å²) in [5, 5.41) is 10.6. The third-order valence-electron chi connectivity index (χ3n) is 5.83. The van der Waals surface area contributed by atoms with Crippen molar-refractivity contribution in [2.24, 2.45) is 0 Å². The molecular formula is C27H27NO3. The number of nitrogens with one attached hydrogen (secondary N) is 1. The number of fused-ring (bicyclic) bond motifs is 1. The molecule has 0 saturated heterocycles. The summed E-state index contributed by atoms with van der Waals surface area (Å²) in [6.45, 7) is 4.80. The number of hydrogen-bond donors (Lipinski definition) is 2. The highest BCUT2D eigenvalue weighted by Crippen LogP contribution is 2.37. The Kier molecular flexibility index (Phi) is 6.08. The lowest BCUT2D eigenvalue weighted by molar-refractivity contribution is -0.136. The van der Waals surface area contributed by atoms with Crippen LogP contribution in [0.5, 0.6) is 5.75 Å². The molecule has 3 aromatic carbocycles. The van der Waals surface area contributed by atoms with E-state index in [4.69, 9.17) is 4.74 Å². The summed E-state index contributed by atoms with van der Waals surface area (Å²) >= 11 is 0. The fourth-order valence-electron chi connectivity index (χ4n) is 3.91. The van der Waals surface area contributed by atoms with Gasteiger partial charge in [-0.3, -0.25) is 4.79 Å². The molecule has 158 valence electrons. The molecule has 0 radical (unpaired) electrons. The van der Waals surface area contributed by atoms with Gasteiger partial charge in [0.05, 0.1) is 12.1 Å². The van der Waals surface area contributed by atoms with Gasteiger partial charge in [0, 0.05) is 16.5 Å². The maximum atomic E-state index is 11.7. The Bertz CT molecular complexity index is 1190. The number of ether oxygens (including phenoxy) is 1. The van der Waals surface area contributed by atoms with E-state index >= 15 is 0 Å². The number of benzene rings is 3. The van der Waals surface area contributed by atoms with E-state index in [1.807, 2.05) is 54.6 Å². The van der Waals surface area contributed by atoms with Crippen LogP contribution in [0.3, 0.4) is 0 Å². The number of rotatable bonds is 8. The van der Waals surface area contributed by atoms with E-state index in [1.165, 1.54) is 5.56 Å². The molecule has 0 aliphatic rings. The number of aliphatic carboxylic acids is 1. The second-order valence-corrected chi connectivity index (χ2v) is 7.93. The fourth-order valence-corrected chi connectivity index (χ4v) is 3.91. The van der Waals surface area contributed by atoms with E-state index < -0.39 is 5.97 Å². The zero-order valence-corrected chi connectivity index (χ0v) is 17.9. The number of para-hydroxylation sites is 1. The molecule has 1 atom stereocenters. The average molecular weight is 414 g/mol. The Balaban J connectivity index is 1.79. The van der Waals surface area contributed by atoms with Crippen LogP contribution < -0.4 is 4.74 Å². The van der Waals surface area contributed by atoms with E-state index in [-0.39, 0.29) is 6.42 Å². The maximum absolute atomic E-state index is 11.7. The summed E-state index contributed by atoms with van der Waals surface area (Å²) in [5.41, 5.74) is 5.72. The van der Waals surface area contributed by atoms with Crippen molar-refractivity contribution in [1.29, 1.82) is 0 Å². The third kappa shape index (κ3) is 4.48. The van der Waals surface area contributed by atoms with Gasteiger partial charge in [-0.05, 0) is 53.3 Å². The van der Waals surface area contributed by atoms with Gasteiger partial charge in [0.1, 0.15) is 12.4 Å². The first-order valence-corrected chi connectivity index (χ1v) is 10.7. The number of hydrogen-bond acceptors (Lipinski definition) is 2. The van der Waals surface area contributed by atoms with Gasteiger partial charge in [0.2, 0.25) is 0 Å². The Labute approximate surface area is 182 Å². The third-order valence-corrected chi connectivity index (χ3v) is 5.83. The van der Waals surface area contributed by atoms with Gasteiger partial charge in [-0.25, -0.2) is 0 Å². The van der Waals surface area contributed by atoms with Gasteiger partial charge in [0.15, 0.2) is 0 Å². The zero-order chi connectivity index (χ0) is 21.8. The first-order chi connectivity index (χ1) is 15.1. The molecule has 0 spiro atoms. The molecule has 0 fully saturated rings. The Hall–Kier alpha value is -3.53. The quantitative estimate of drug-likeness (QED) is 0.344. The van der Waals surface area contributed by atoms with Crippen molar-refractivity contribution >= 4 is 16.9 Å². The molecule has 0 aliphatic carbocycles. The van der Waals surface area contributed by atoms with Gasteiger partial charge in [-0.2, -0.15) is 0 Å². The highest BCUT2D eigenvalue weighted by atomic mass is 16.5. The lowest BCUT2D eigenvalue weighted by atomic mass is 9.95. The van der Waals surface area contributed by atoms with Crippen molar-refractivity contribution in [3.8, 4) is 17.0 Å². The van der Waals surface area contributed by atoms with Gasteiger partial charge in [-0.1, -0.05) is 62.4 Å². The zero-order valence-electron chi connectivity index (χ0n) is 17.9. The van der Waals surface area contributed by atoms with E-state index in [2.05, 4.69) is 37.0 Å². The minimum atomic E-state index is -0.848. The smallest absolute Gasteiger partial charge is 0.307 e. The molecule has 0 aliphatic heterocycles. The first kappa shape index (κ1) is 20.7. The van der Waals surface area contributed by atoms with E-state index in [9.17, 15) is 9.90 Å². The summed E-state index contributed by atoms with van der Waals surface area (Å²) in [4.78, 5) is 15.2. The minimum Gasteiger partial charge on any atom is -0.488 e. The molecule has 2 N–H and O–H groups in total.